The van der Waals surface area contributed by atoms with Gasteiger partial charge >= 0.3 is 0 Å². The minimum Gasteiger partial charge on any atom is -0.383 e. The fourth-order valence-corrected chi connectivity index (χ4v) is 5.24. The Balaban J connectivity index is 1.49. The molecule has 0 spiro atoms. The van der Waals surface area contributed by atoms with E-state index in [0.29, 0.717) is 23.2 Å². The molecule has 6 rings (SSSR count). The highest BCUT2D eigenvalue weighted by molar-refractivity contribution is 5.99. The summed E-state index contributed by atoms with van der Waals surface area (Å²) in [6.07, 6.45) is 14.7. The minimum absolute atomic E-state index is 0.00549. The fraction of sp³-hybridized carbons (Fsp3) is 0.273. The number of aromatic nitrogens is 2. The van der Waals surface area contributed by atoms with Crippen molar-refractivity contribution in [3.8, 4) is 24.5 Å². The second kappa shape index (κ2) is 10.3. The molecule has 3 heterocycles. The van der Waals surface area contributed by atoms with Crippen LogP contribution in [-0.2, 0) is 0 Å². The molecule has 1 saturated carbocycles. The Bertz CT molecular complexity index is 1850. The van der Waals surface area contributed by atoms with Crippen LogP contribution in [0.5, 0.6) is 0 Å². The maximum Gasteiger partial charge on any atom is 0.143 e. The van der Waals surface area contributed by atoms with Crippen molar-refractivity contribution in [3.63, 3.8) is 0 Å². The first-order valence-corrected chi connectivity index (χ1v) is 13.9. The number of anilines is 2. The lowest BCUT2D eigenvalue weighted by Crippen LogP contribution is -2.44. The molecule has 2 aromatic carbocycles. The van der Waals surface area contributed by atoms with Crippen LogP contribution in [0.4, 0.5) is 11.4 Å². The molecule has 0 saturated heterocycles. The van der Waals surface area contributed by atoms with Crippen molar-refractivity contribution in [1.29, 1.82) is 10.5 Å². The smallest absolute Gasteiger partial charge is 0.143 e. The summed E-state index contributed by atoms with van der Waals surface area (Å²) in [6, 6.07) is 16.3. The van der Waals surface area contributed by atoms with Crippen LogP contribution >= 0.6 is 0 Å². The average molecular weight is 554 g/mol. The van der Waals surface area contributed by atoms with Crippen molar-refractivity contribution < 1.29 is 0 Å². The Morgan fingerprint density at radius 3 is 2.67 bits per heavy atom. The number of terminal acetylenes is 1. The molecule has 208 valence electrons. The summed E-state index contributed by atoms with van der Waals surface area (Å²) >= 11 is 0. The van der Waals surface area contributed by atoms with Gasteiger partial charge in [-0.2, -0.15) is 10.5 Å². The Morgan fingerprint density at radius 1 is 1.12 bits per heavy atom. The van der Waals surface area contributed by atoms with Gasteiger partial charge in [-0.1, -0.05) is 44.9 Å². The van der Waals surface area contributed by atoms with Gasteiger partial charge in [0.1, 0.15) is 11.6 Å². The lowest BCUT2D eigenvalue weighted by atomic mass is 9.96. The Morgan fingerprint density at radius 2 is 1.95 bits per heavy atom. The first kappa shape index (κ1) is 26.9. The maximum atomic E-state index is 10.1. The molecule has 9 nitrogen and oxygen atoms in total. The van der Waals surface area contributed by atoms with E-state index in [4.69, 9.17) is 6.42 Å². The van der Waals surface area contributed by atoms with Gasteiger partial charge in [-0.3, -0.25) is 15.0 Å². The largest absolute Gasteiger partial charge is 0.383 e. The highest BCUT2D eigenvalue weighted by Crippen LogP contribution is 2.42. The molecule has 0 radical (unpaired) electrons. The Hall–Kier alpha value is -5.30. The first-order valence-electron chi connectivity index (χ1n) is 13.9. The van der Waals surface area contributed by atoms with Gasteiger partial charge in [0.25, 0.3) is 0 Å². The molecule has 1 fully saturated rings. The van der Waals surface area contributed by atoms with Gasteiger partial charge in [-0.25, -0.2) is 0 Å². The molecule has 4 aromatic rings. The fourth-order valence-electron chi connectivity index (χ4n) is 5.24. The molecule has 4 N–H and O–H groups in total. The monoisotopic (exact) mass is 553 g/mol. The van der Waals surface area contributed by atoms with Gasteiger partial charge in [-0.05, 0) is 47.4 Å². The number of hydrogen-bond acceptors (Lipinski definition) is 9. The van der Waals surface area contributed by atoms with E-state index in [1.165, 1.54) is 0 Å². The normalized spacial score (nSPS) is 16.1. The number of fused-ring (bicyclic) bond motifs is 2. The van der Waals surface area contributed by atoms with Crippen LogP contribution < -0.4 is 21.6 Å². The van der Waals surface area contributed by atoms with Crippen LogP contribution in [0.25, 0.3) is 21.7 Å². The zero-order valence-electron chi connectivity index (χ0n) is 23.8. The molecular weight excluding hydrogens is 522 g/mol. The predicted octanol–water partition coefficient (Wildman–Crippen LogP) is 5.47. The zero-order valence-corrected chi connectivity index (χ0v) is 23.8. The van der Waals surface area contributed by atoms with E-state index >= 15 is 0 Å². The molecule has 42 heavy (non-hydrogen) atoms. The molecule has 1 atom stereocenters. The Kier molecular flexibility index (Phi) is 6.58. The summed E-state index contributed by atoms with van der Waals surface area (Å²) in [6.45, 7) is 7.13. The summed E-state index contributed by atoms with van der Waals surface area (Å²) in [7, 11) is 0. The second-order valence-corrected chi connectivity index (χ2v) is 12.0. The summed E-state index contributed by atoms with van der Waals surface area (Å²) in [5, 5.41) is 31.8. The van der Waals surface area contributed by atoms with E-state index in [1.807, 2.05) is 47.7 Å². The summed E-state index contributed by atoms with van der Waals surface area (Å²) in [4.78, 5) is 8.87. The quantitative estimate of drug-likeness (QED) is 0.221. The van der Waals surface area contributed by atoms with Crippen molar-refractivity contribution in [2.45, 2.75) is 45.2 Å². The number of hydrazine groups is 2. The number of nitrogens with zero attached hydrogens (tertiary/aromatic N) is 5. The number of rotatable bonds is 7. The van der Waals surface area contributed by atoms with Gasteiger partial charge in [0, 0.05) is 47.8 Å². The van der Waals surface area contributed by atoms with Crippen LogP contribution in [0.1, 0.15) is 56.3 Å². The Labute approximate surface area is 245 Å². The van der Waals surface area contributed by atoms with Crippen molar-refractivity contribution in [1.82, 2.24) is 25.9 Å². The van der Waals surface area contributed by atoms with Crippen LogP contribution in [0.3, 0.4) is 0 Å². The van der Waals surface area contributed by atoms with E-state index in [2.05, 4.69) is 76.5 Å². The SMILES string of the molecule is C#Cc1cnc2c(C#N)cc(N[C@H](C3=CN(C4(C#N)CC4)NN3)c3cccc4cnccc34)cc2c1NCC(C)(C)C. The lowest BCUT2D eigenvalue weighted by molar-refractivity contribution is 0.217. The van der Waals surface area contributed by atoms with Crippen LogP contribution in [0, 0.1) is 40.4 Å². The van der Waals surface area contributed by atoms with Crippen molar-refractivity contribution in [3.05, 3.63) is 83.6 Å². The van der Waals surface area contributed by atoms with E-state index in [1.54, 1.807) is 12.4 Å². The van der Waals surface area contributed by atoms with Crippen molar-refractivity contribution >= 4 is 33.1 Å². The topological polar surface area (TPSA) is 125 Å². The van der Waals surface area contributed by atoms with Crippen LogP contribution in [0.2, 0.25) is 0 Å². The highest BCUT2D eigenvalue weighted by atomic mass is 15.7. The molecule has 0 unspecified atom stereocenters. The number of nitriles is 2. The number of nitrogens with one attached hydrogen (secondary N) is 4. The van der Waals surface area contributed by atoms with Gasteiger partial charge in [-0.15, -0.1) is 12.0 Å². The molecule has 2 aliphatic rings. The van der Waals surface area contributed by atoms with E-state index in [-0.39, 0.29) is 11.5 Å². The van der Waals surface area contributed by atoms with E-state index in [0.717, 1.165) is 51.6 Å². The second-order valence-electron chi connectivity index (χ2n) is 12.0. The third-order valence-electron chi connectivity index (χ3n) is 7.67. The van der Waals surface area contributed by atoms with Crippen molar-refractivity contribution in [2.75, 3.05) is 17.2 Å². The van der Waals surface area contributed by atoms with Gasteiger partial charge < -0.3 is 16.1 Å². The van der Waals surface area contributed by atoms with Gasteiger partial charge in [0.15, 0.2) is 0 Å². The number of hydrogen-bond donors (Lipinski definition) is 4. The van der Waals surface area contributed by atoms with Crippen molar-refractivity contribution in [2.24, 2.45) is 5.41 Å². The number of benzene rings is 2. The first-order chi connectivity index (χ1) is 20.2. The van der Waals surface area contributed by atoms with Crippen LogP contribution in [-0.4, -0.2) is 27.1 Å². The van der Waals surface area contributed by atoms with Crippen LogP contribution in [0.15, 0.2) is 66.9 Å². The lowest BCUT2D eigenvalue weighted by Gasteiger charge is -2.24. The van der Waals surface area contributed by atoms with Gasteiger partial charge in [0.05, 0.1) is 40.1 Å². The summed E-state index contributed by atoms with van der Waals surface area (Å²) < 4.78 is 0. The van der Waals surface area contributed by atoms with Gasteiger partial charge in [0.2, 0.25) is 0 Å². The molecule has 2 aromatic heterocycles. The molecular formula is C33H31N9. The third-order valence-corrected chi connectivity index (χ3v) is 7.67. The maximum absolute atomic E-state index is 10.1. The summed E-state index contributed by atoms with van der Waals surface area (Å²) in [5.74, 6) is 2.75. The molecule has 0 bridgehead atoms. The molecule has 1 aliphatic carbocycles. The third kappa shape index (κ3) is 4.90. The minimum atomic E-state index is -0.552. The highest BCUT2D eigenvalue weighted by Gasteiger charge is 2.50. The molecule has 9 heteroatoms. The predicted molar refractivity (Wildman–Crippen MR) is 164 cm³/mol. The average Bonchev–Trinajstić information content (AvgIpc) is 3.64. The zero-order chi connectivity index (χ0) is 29.5. The standard InChI is InChI=1S/C33H31N9/c1-5-21-17-37-30-23(15-34)13-24(14-27(30)29(21)38-20-32(2,3)4)39-31(26-8-6-7-22-16-36-12-9-25(22)26)28-18-42(41-40-28)33(19-35)10-11-33/h1,6-9,12-14,16-18,31,39-41H,10-11,20H2,2-4H3,(H,37,38)/t31-/m0/s1. The van der Waals surface area contributed by atoms with E-state index < -0.39 is 5.54 Å². The summed E-state index contributed by atoms with van der Waals surface area (Å²) in [5.41, 5.74) is 10.9. The molecule has 1 aliphatic heterocycles. The van der Waals surface area contributed by atoms with E-state index in [9.17, 15) is 10.5 Å². The molecule has 0 amide bonds. The number of pyridine rings is 2.